The van der Waals surface area contributed by atoms with Crippen LogP contribution in [0.2, 0.25) is 0 Å². The number of hydrogen-bond donors (Lipinski definition) is 1. The molecular formula is C17H28N2. The van der Waals surface area contributed by atoms with Crippen molar-refractivity contribution in [2.24, 2.45) is 5.92 Å². The standard InChI is InChI=1S/C17H28N2/c1-13(2)15-12-19(11-10-18-15)16-9-7-6-8-14(16)17(3,4)5/h6-9,13,15,18H,10-12H2,1-5H3. The highest BCUT2D eigenvalue weighted by Gasteiger charge is 2.26. The number of benzene rings is 1. The number of anilines is 1. The summed E-state index contributed by atoms with van der Waals surface area (Å²) in [5.74, 6) is 0.685. The molecule has 1 unspecified atom stereocenters. The van der Waals surface area contributed by atoms with Gasteiger partial charge in [0.2, 0.25) is 0 Å². The zero-order chi connectivity index (χ0) is 14.0. The van der Waals surface area contributed by atoms with Crippen LogP contribution < -0.4 is 10.2 Å². The van der Waals surface area contributed by atoms with Crippen molar-refractivity contribution in [3.8, 4) is 0 Å². The maximum atomic E-state index is 3.63. The normalized spacial score (nSPS) is 20.9. The fourth-order valence-corrected chi connectivity index (χ4v) is 2.83. The van der Waals surface area contributed by atoms with E-state index < -0.39 is 0 Å². The second-order valence-electron chi connectivity index (χ2n) is 7.02. The first-order chi connectivity index (χ1) is 8.89. The van der Waals surface area contributed by atoms with Gasteiger partial charge in [0.05, 0.1) is 0 Å². The third-order valence-electron chi connectivity index (χ3n) is 4.06. The minimum absolute atomic E-state index is 0.203. The van der Waals surface area contributed by atoms with Crippen molar-refractivity contribution < 1.29 is 0 Å². The van der Waals surface area contributed by atoms with E-state index >= 15 is 0 Å². The van der Waals surface area contributed by atoms with Crippen molar-refractivity contribution in [3.05, 3.63) is 29.8 Å². The molecule has 0 radical (unpaired) electrons. The van der Waals surface area contributed by atoms with Crippen LogP contribution in [0.15, 0.2) is 24.3 Å². The average Bonchev–Trinajstić information content (AvgIpc) is 2.38. The van der Waals surface area contributed by atoms with Crippen molar-refractivity contribution in [1.82, 2.24) is 5.32 Å². The van der Waals surface area contributed by atoms with Crippen LogP contribution in [-0.4, -0.2) is 25.7 Å². The fourth-order valence-electron chi connectivity index (χ4n) is 2.83. The molecular weight excluding hydrogens is 232 g/mol. The Hall–Kier alpha value is -1.02. The molecule has 0 saturated carbocycles. The Kier molecular flexibility index (Phi) is 4.19. The summed E-state index contributed by atoms with van der Waals surface area (Å²) < 4.78 is 0. The van der Waals surface area contributed by atoms with Gasteiger partial charge in [0.15, 0.2) is 0 Å². The average molecular weight is 260 g/mol. The molecule has 106 valence electrons. The zero-order valence-corrected chi connectivity index (χ0v) is 13.0. The van der Waals surface area contributed by atoms with E-state index in [2.05, 4.69) is 69.1 Å². The lowest BCUT2D eigenvalue weighted by atomic mass is 9.85. The molecule has 0 amide bonds. The molecule has 2 nitrogen and oxygen atoms in total. The van der Waals surface area contributed by atoms with Crippen LogP contribution in [0.25, 0.3) is 0 Å². The summed E-state index contributed by atoms with van der Waals surface area (Å²) in [4.78, 5) is 2.56. The highest BCUT2D eigenvalue weighted by Crippen LogP contribution is 2.32. The molecule has 0 bridgehead atoms. The lowest BCUT2D eigenvalue weighted by molar-refractivity contribution is 0.367. The molecule has 0 aromatic heterocycles. The molecule has 19 heavy (non-hydrogen) atoms. The molecule has 1 aromatic carbocycles. The lowest BCUT2D eigenvalue weighted by Gasteiger charge is -2.39. The monoisotopic (exact) mass is 260 g/mol. The summed E-state index contributed by atoms with van der Waals surface area (Å²) in [6.45, 7) is 14.8. The molecule has 1 saturated heterocycles. The molecule has 1 N–H and O–H groups in total. The van der Waals surface area contributed by atoms with E-state index in [4.69, 9.17) is 0 Å². The molecule has 2 heteroatoms. The van der Waals surface area contributed by atoms with Gasteiger partial charge in [-0.05, 0) is 23.0 Å². The summed E-state index contributed by atoms with van der Waals surface area (Å²) in [5.41, 5.74) is 3.08. The Morgan fingerprint density at radius 1 is 1.21 bits per heavy atom. The van der Waals surface area contributed by atoms with Crippen molar-refractivity contribution in [2.75, 3.05) is 24.5 Å². The Bertz CT molecular complexity index is 418. The number of para-hydroxylation sites is 1. The van der Waals surface area contributed by atoms with Gasteiger partial charge in [-0.3, -0.25) is 0 Å². The molecule has 1 aliphatic heterocycles. The number of nitrogens with one attached hydrogen (secondary N) is 1. The largest absolute Gasteiger partial charge is 0.368 e. The second kappa shape index (κ2) is 5.54. The molecule has 1 atom stereocenters. The first-order valence-electron chi connectivity index (χ1n) is 7.47. The number of piperazine rings is 1. The molecule has 2 rings (SSSR count). The highest BCUT2D eigenvalue weighted by atomic mass is 15.2. The van der Waals surface area contributed by atoms with E-state index in [9.17, 15) is 0 Å². The van der Waals surface area contributed by atoms with Crippen LogP contribution >= 0.6 is 0 Å². The third-order valence-corrected chi connectivity index (χ3v) is 4.06. The first-order valence-corrected chi connectivity index (χ1v) is 7.47. The van der Waals surface area contributed by atoms with Crippen molar-refractivity contribution >= 4 is 5.69 Å². The quantitative estimate of drug-likeness (QED) is 0.876. The molecule has 1 aliphatic rings. The van der Waals surface area contributed by atoms with E-state index in [0.717, 1.165) is 19.6 Å². The molecule has 0 spiro atoms. The van der Waals surface area contributed by atoms with Crippen molar-refractivity contribution in [3.63, 3.8) is 0 Å². The highest BCUT2D eigenvalue weighted by molar-refractivity contribution is 5.56. The lowest BCUT2D eigenvalue weighted by Crippen LogP contribution is -2.53. The van der Waals surface area contributed by atoms with E-state index in [1.165, 1.54) is 11.3 Å². The smallest absolute Gasteiger partial charge is 0.0405 e. The van der Waals surface area contributed by atoms with Gasteiger partial charge in [0, 0.05) is 31.4 Å². The van der Waals surface area contributed by atoms with Crippen LogP contribution in [0.4, 0.5) is 5.69 Å². The summed E-state index contributed by atoms with van der Waals surface area (Å²) in [6.07, 6.45) is 0. The summed E-state index contributed by atoms with van der Waals surface area (Å²) in [5, 5.41) is 3.63. The first kappa shape index (κ1) is 14.4. The van der Waals surface area contributed by atoms with Crippen LogP contribution in [0.1, 0.15) is 40.2 Å². The van der Waals surface area contributed by atoms with Crippen LogP contribution in [0.5, 0.6) is 0 Å². The van der Waals surface area contributed by atoms with E-state index in [1.807, 2.05) is 0 Å². The maximum absolute atomic E-state index is 3.63. The van der Waals surface area contributed by atoms with Crippen LogP contribution in [0, 0.1) is 5.92 Å². The number of rotatable bonds is 2. The fraction of sp³-hybridized carbons (Fsp3) is 0.647. The molecule has 0 aliphatic carbocycles. The number of hydrogen-bond acceptors (Lipinski definition) is 2. The van der Waals surface area contributed by atoms with Gasteiger partial charge in [-0.2, -0.15) is 0 Å². The predicted octanol–water partition coefficient (Wildman–Crippen LogP) is 3.42. The Balaban J connectivity index is 2.27. The van der Waals surface area contributed by atoms with Gasteiger partial charge < -0.3 is 10.2 Å². The van der Waals surface area contributed by atoms with E-state index in [-0.39, 0.29) is 5.41 Å². The van der Waals surface area contributed by atoms with Crippen LogP contribution in [-0.2, 0) is 5.41 Å². The summed E-state index contributed by atoms with van der Waals surface area (Å²) in [7, 11) is 0. The Morgan fingerprint density at radius 2 is 1.89 bits per heavy atom. The third kappa shape index (κ3) is 3.30. The summed E-state index contributed by atoms with van der Waals surface area (Å²) >= 11 is 0. The van der Waals surface area contributed by atoms with E-state index in [1.54, 1.807) is 0 Å². The minimum Gasteiger partial charge on any atom is -0.368 e. The van der Waals surface area contributed by atoms with Gasteiger partial charge in [0.1, 0.15) is 0 Å². The van der Waals surface area contributed by atoms with Crippen molar-refractivity contribution in [2.45, 2.75) is 46.1 Å². The molecule has 1 heterocycles. The van der Waals surface area contributed by atoms with Gasteiger partial charge in [-0.25, -0.2) is 0 Å². The zero-order valence-electron chi connectivity index (χ0n) is 13.0. The van der Waals surface area contributed by atoms with E-state index in [0.29, 0.717) is 12.0 Å². The summed E-state index contributed by atoms with van der Waals surface area (Å²) in [6, 6.07) is 9.48. The maximum Gasteiger partial charge on any atom is 0.0405 e. The SMILES string of the molecule is CC(C)C1CN(c2ccccc2C(C)(C)C)CCN1. The second-order valence-corrected chi connectivity index (χ2v) is 7.02. The topological polar surface area (TPSA) is 15.3 Å². The van der Waals surface area contributed by atoms with Crippen molar-refractivity contribution in [1.29, 1.82) is 0 Å². The minimum atomic E-state index is 0.203. The predicted molar refractivity (Wildman–Crippen MR) is 84.0 cm³/mol. The van der Waals surface area contributed by atoms with Gasteiger partial charge in [0.25, 0.3) is 0 Å². The van der Waals surface area contributed by atoms with Crippen LogP contribution in [0.3, 0.4) is 0 Å². The van der Waals surface area contributed by atoms with Gasteiger partial charge in [-0.1, -0.05) is 52.8 Å². The van der Waals surface area contributed by atoms with Gasteiger partial charge in [-0.15, -0.1) is 0 Å². The molecule has 1 fully saturated rings. The Morgan fingerprint density at radius 3 is 2.53 bits per heavy atom. The Labute approximate surface area is 118 Å². The van der Waals surface area contributed by atoms with Gasteiger partial charge >= 0.3 is 0 Å². The molecule has 1 aromatic rings. The number of nitrogens with zero attached hydrogens (tertiary/aromatic N) is 1.